The molecule has 0 saturated heterocycles. The maximum Gasteiger partial charge on any atom is 0.0605 e. The van der Waals surface area contributed by atoms with Gasteiger partial charge in [0.05, 0.1) is 6.04 Å². The molecular weight excluding hydrogens is 296 g/mol. The average molecular weight is 319 g/mol. The minimum Gasteiger partial charge on any atom is -0.311 e. The molecule has 0 fully saturated rings. The molecular formula is C13H23BrN2S. The molecule has 0 aromatic carbocycles. The van der Waals surface area contributed by atoms with Crippen LogP contribution in [0.2, 0.25) is 0 Å². The topological polar surface area (TPSA) is 15.3 Å². The molecule has 0 bridgehead atoms. The number of rotatable bonds is 6. The fraction of sp³-hybridized carbons (Fsp3) is 0.692. The number of hydrogen-bond donors (Lipinski definition) is 1. The molecule has 98 valence electrons. The molecule has 1 rings (SSSR count). The summed E-state index contributed by atoms with van der Waals surface area (Å²) in [5.41, 5.74) is 0.103. The highest BCUT2D eigenvalue weighted by atomic mass is 79.9. The lowest BCUT2D eigenvalue weighted by molar-refractivity contribution is 0.0955. The van der Waals surface area contributed by atoms with Crippen LogP contribution in [0.5, 0.6) is 0 Å². The molecule has 0 spiro atoms. The largest absolute Gasteiger partial charge is 0.311 e. The fourth-order valence-corrected chi connectivity index (χ4v) is 4.43. The third kappa shape index (κ3) is 3.11. The molecule has 0 aliphatic heterocycles. The molecule has 0 saturated carbocycles. The molecule has 1 aromatic heterocycles. The Morgan fingerprint density at radius 1 is 1.41 bits per heavy atom. The van der Waals surface area contributed by atoms with Crippen LogP contribution < -0.4 is 5.32 Å². The Morgan fingerprint density at radius 2 is 2.00 bits per heavy atom. The molecule has 1 aromatic rings. The SMILES string of the molecule is CCN(CC)C(C)(C)C(NC)c1sccc1Br. The lowest BCUT2D eigenvalue weighted by atomic mass is 9.91. The zero-order valence-corrected chi connectivity index (χ0v) is 13.8. The molecule has 1 atom stereocenters. The zero-order chi connectivity index (χ0) is 13.1. The van der Waals surface area contributed by atoms with Crippen molar-refractivity contribution in [3.05, 3.63) is 20.8 Å². The molecule has 0 aliphatic rings. The van der Waals surface area contributed by atoms with Crippen LogP contribution in [-0.2, 0) is 0 Å². The van der Waals surface area contributed by atoms with Gasteiger partial charge >= 0.3 is 0 Å². The minimum atomic E-state index is 0.103. The van der Waals surface area contributed by atoms with Crippen LogP contribution in [0, 0.1) is 0 Å². The maximum atomic E-state index is 3.65. The molecule has 1 unspecified atom stereocenters. The summed E-state index contributed by atoms with van der Waals surface area (Å²) in [5.74, 6) is 0. The van der Waals surface area contributed by atoms with E-state index in [2.05, 4.69) is 65.3 Å². The van der Waals surface area contributed by atoms with Crippen LogP contribution in [0.4, 0.5) is 0 Å². The van der Waals surface area contributed by atoms with Gasteiger partial charge in [0.1, 0.15) is 0 Å². The molecule has 4 heteroatoms. The van der Waals surface area contributed by atoms with E-state index in [-0.39, 0.29) is 5.54 Å². The number of nitrogens with zero attached hydrogens (tertiary/aromatic N) is 1. The Balaban J connectivity index is 3.05. The first-order valence-electron chi connectivity index (χ1n) is 6.14. The van der Waals surface area contributed by atoms with Crippen molar-refractivity contribution in [2.75, 3.05) is 20.1 Å². The van der Waals surface area contributed by atoms with Gasteiger partial charge in [-0.1, -0.05) is 13.8 Å². The highest BCUT2D eigenvalue weighted by molar-refractivity contribution is 9.10. The molecule has 2 nitrogen and oxygen atoms in total. The van der Waals surface area contributed by atoms with Crippen molar-refractivity contribution >= 4 is 27.3 Å². The Kier molecular flexibility index (Phi) is 5.64. The zero-order valence-electron chi connectivity index (χ0n) is 11.4. The Hall–Kier alpha value is 0.100. The summed E-state index contributed by atoms with van der Waals surface area (Å²) < 4.78 is 1.21. The van der Waals surface area contributed by atoms with Gasteiger partial charge in [-0.25, -0.2) is 0 Å². The Morgan fingerprint density at radius 3 is 2.35 bits per heavy atom. The van der Waals surface area contributed by atoms with E-state index in [4.69, 9.17) is 0 Å². The fourth-order valence-electron chi connectivity index (χ4n) is 2.54. The van der Waals surface area contributed by atoms with Gasteiger partial charge < -0.3 is 5.32 Å². The number of likely N-dealkylation sites (N-methyl/N-ethyl adjacent to an activating group) is 2. The van der Waals surface area contributed by atoms with Gasteiger partial charge in [-0.3, -0.25) is 4.90 Å². The van der Waals surface area contributed by atoms with Crippen LogP contribution in [0.1, 0.15) is 38.6 Å². The summed E-state index contributed by atoms with van der Waals surface area (Å²) >= 11 is 5.46. The van der Waals surface area contributed by atoms with E-state index < -0.39 is 0 Å². The highest BCUT2D eigenvalue weighted by Gasteiger charge is 2.35. The molecule has 17 heavy (non-hydrogen) atoms. The smallest absolute Gasteiger partial charge is 0.0605 e. The van der Waals surface area contributed by atoms with Crippen molar-refractivity contribution in [3.63, 3.8) is 0 Å². The standard InChI is InChI=1S/C13H23BrN2S/c1-6-16(7-2)13(3,4)12(15-5)11-10(14)8-9-17-11/h8-9,12,15H,6-7H2,1-5H3. The lowest BCUT2D eigenvalue weighted by Gasteiger charge is -2.43. The van der Waals surface area contributed by atoms with Crippen molar-refractivity contribution < 1.29 is 0 Å². The van der Waals surface area contributed by atoms with Gasteiger partial charge in [0, 0.05) is 14.9 Å². The Labute approximate surface area is 118 Å². The van der Waals surface area contributed by atoms with Crippen molar-refractivity contribution in [1.29, 1.82) is 0 Å². The van der Waals surface area contributed by atoms with E-state index in [0.29, 0.717) is 6.04 Å². The Bertz CT molecular complexity index is 345. The van der Waals surface area contributed by atoms with E-state index in [1.807, 2.05) is 18.4 Å². The van der Waals surface area contributed by atoms with E-state index >= 15 is 0 Å². The van der Waals surface area contributed by atoms with Gasteiger partial charge in [0.2, 0.25) is 0 Å². The molecule has 1 heterocycles. The van der Waals surface area contributed by atoms with Crippen molar-refractivity contribution in [2.24, 2.45) is 0 Å². The number of nitrogens with one attached hydrogen (secondary N) is 1. The second-order valence-electron chi connectivity index (χ2n) is 4.68. The van der Waals surface area contributed by atoms with Crippen molar-refractivity contribution in [1.82, 2.24) is 10.2 Å². The minimum absolute atomic E-state index is 0.103. The van der Waals surface area contributed by atoms with Crippen molar-refractivity contribution in [2.45, 2.75) is 39.3 Å². The number of thiophene rings is 1. The van der Waals surface area contributed by atoms with Crippen LogP contribution >= 0.6 is 27.3 Å². The number of halogens is 1. The second kappa shape index (κ2) is 6.32. The summed E-state index contributed by atoms with van der Waals surface area (Å²) in [6, 6.07) is 2.47. The maximum absolute atomic E-state index is 3.65. The third-order valence-corrected chi connectivity index (χ3v) is 5.42. The third-order valence-electron chi connectivity index (χ3n) is 3.48. The van der Waals surface area contributed by atoms with Gasteiger partial charge in [-0.15, -0.1) is 11.3 Å². The summed E-state index contributed by atoms with van der Waals surface area (Å²) in [4.78, 5) is 3.88. The second-order valence-corrected chi connectivity index (χ2v) is 6.48. The average Bonchev–Trinajstić information content (AvgIpc) is 2.67. The highest BCUT2D eigenvalue weighted by Crippen LogP contribution is 2.37. The predicted molar refractivity (Wildman–Crippen MR) is 80.8 cm³/mol. The van der Waals surface area contributed by atoms with E-state index in [0.717, 1.165) is 13.1 Å². The normalized spacial score (nSPS) is 14.3. The first kappa shape index (κ1) is 15.2. The first-order valence-corrected chi connectivity index (χ1v) is 7.81. The summed E-state index contributed by atoms with van der Waals surface area (Å²) in [5, 5.41) is 5.61. The first-order chi connectivity index (χ1) is 7.98. The quantitative estimate of drug-likeness (QED) is 0.856. The van der Waals surface area contributed by atoms with Crippen LogP contribution in [-0.4, -0.2) is 30.6 Å². The number of hydrogen-bond acceptors (Lipinski definition) is 3. The monoisotopic (exact) mass is 318 g/mol. The van der Waals surface area contributed by atoms with Gasteiger partial charge in [0.25, 0.3) is 0 Å². The molecule has 0 radical (unpaired) electrons. The molecule has 0 amide bonds. The summed E-state index contributed by atoms with van der Waals surface area (Å²) in [6.07, 6.45) is 0. The summed E-state index contributed by atoms with van der Waals surface area (Å²) in [7, 11) is 2.04. The van der Waals surface area contributed by atoms with E-state index in [9.17, 15) is 0 Å². The van der Waals surface area contributed by atoms with Gasteiger partial charge in [-0.05, 0) is 61.4 Å². The van der Waals surface area contributed by atoms with Gasteiger partial charge in [-0.2, -0.15) is 0 Å². The van der Waals surface area contributed by atoms with Crippen LogP contribution in [0.3, 0.4) is 0 Å². The molecule has 1 N–H and O–H groups in total. The van der Waals surface area contributed by atoms with E-state index in [1.54, 1.807) is 0 Å². The predicted octanol–water partition coefficient (Wildman–Crippen LogP) is 3.89. The molecule has 0 aliphatic carbocycles. The van der Waals surface area contributed by atoms with Gasteiger partial charge in [0.15, 0.2) is 0 Å². The van der Waals surface area contributed by atoms with Crippen molar-refractivity contribution in [3.8, 4) is 0 Å². The van der Waals surface area contributed by atoms with Crippen LogP contribution in [0.25, 0.3) is 0 Å². The van der Waals surface area contributed by atoms with E-state index in [1.165, 1.54) is 9.35 Å². The summed E-state index contributed by atoms with van der Waals surface area (Å²) in [6.45, 7) is 11.2. The lowest BCUT2D eigenvalue weighted by Crippen LogP contribution is -2.51. The van der Waals surface area contributed by atoms with Crippen LogP contribution in [0.15, 0.2) is 15.9 Å².